The predicted molar refractivity (Wildman–Crippen MR) is 101 cm³/mol. The summed E-state index contributed by atoms with van der Waals surface area (Å²) in [6.07, 6.45) is 5.20. The topological polar surface area (TPSA) is 67.9 Å². The lowest BCUT2D eigenvalue weighted by Gasteiger charge is -2.30. The largest absolute Gasteiger partial charge is 0.493 e. The summed E-state index contributed by atoms with van der Waals surface area (Å²) >= 11 is 0. The molecular weight excluding hydrogens is 370 g/mol. The number of hydrogen-bond acceptors (Lipinski definition) is 4. The first-order valence-corrected chi connectivity index (χ1v) is 9.32. The number of alkyl halides is 2. The molecule has 1 N–H and O–H groups in total. The highest BCUT2D eigenvalue weighted by molar-refractivity contribution is 5.92. The van der Waals surface area contributed by atoms with Gasteiger partial charge in [-0.25, -0.2) is 0 Å². The number of carbonyl (C=O) groups is 2. The number of benzene rings is 1. The normalized spacial score (nSPS) is 15.1. The van der Waals surface area contributed by atoms with Gasteiger partial charge in [-0.1, -0.05) is 13.0 Å². The SMILES string of the molecule is CCCNC(=O)C1CCN(C(=O)/C=C/c2ccc(OC(F)F)c(OC)c2)CC1. The van der Waals surface area contributed by atoms with Crippen LogP contribution < -0.4 is 14.8 Å². The molecule has 1 saturated heterocycles. The molecule has 0 radical (unpaired) electrons. The summed E-state index contributed by atoms with van der Waals surface area (Å²) in [6.45, 7) is 0.785. The maximum Gasteiger partial charge on any atom is 0.387 e. The van der Waals surface area contributed by atoms with Crippen LogP contribution in [0.2, 0.25) is 0 Å². The molecule has 1 aliphatic heterocycles. The first-order chi connectivity index (χ1) is 13.4. The molecule has 1 fully saturated rings. The van der Waals surface area contributed by atoms with Crippen molar-refractivity contribution in [3.8, 4) is 11.5 Å². The lowest BCUT2D eigenvalue weighted by atomic mass is 9.96. The maximum atomic E-state index is 12.4. The maximum absolute atomic E-state index is 12.4. The van der Waals surface area contributed by atoms with Crippen LogP contribution >= 0.6 is 0 Å². The van der Waals surface area contributed by atoms with E-state index in [1.807, 2.05) is 6.92 Å². The quantitative estimate of drug-likeness (QED) is 0.686. The van der Waals surface area contributed by atoms with Crippen molar-refractivity contribution in [2.75, 3.05) is 26.7 Å². The van der Waals surface area contributed by atoms with E-state index in [2.05, 4.69) is 10.1 Å². The minimum atomic E-state index is -2.94. The smallest absolute Gasteiger partial charge is 0.387 e. The molecule has 1 heterocycles. The van der Waals surface area contributed by atoms with Gasteiger partial charge in [0.15, 0.2) is 11.5 Å². The molecule has 0 aromatic heterocycles. The van der Waals surface area contributed by atoms with Crippen LogP contribution in [0.15, 0.2) is 24.3 Å². The number of piperidine rings is 1. The summed E-state index contributed by atoms with van der Waals surface area (Å²) in [5.74, 6) is -0.0496. The Labute approximate surface area is 163 Å². The minimum Gasteiger partial charge on any atom is -0.493 e. The molecule has 1 aliphatic rings. The predicted octanol–water partition coefficient (Wildman–Crippen LogP) is 3.07. The summed E-state index contributed by atoms with van der Waals surface area (Å²) in [5, 5.41) is 2.89. The van der Waals surface area contributed by atoms with Gasteiger partial charge in [0.2, 0.25) is 11.8 Å². The average Bonchev–Trinajstić information content (AvgIpc) is 2.70. The van der Waals surface area contributed by atoms with Crippen molar-refractivity contribution < 1.29 is 27.8 Å². The Morgan fingerprint density at radius 3 is 2.61 bits per heavy atom. The number of rotatable bonds is 8. The molecule has 6 nitrogen and oxygen atoms in total. The molecule has 0 saturated carbocycles. The van der Waals surface area contributed by atoms with Gasteiger partial charge < -0.3 is 19.7 Å². The van der Waals surface area contributed by atoms with Crippen LogP contribution in [-0.4, -0.2) is 50.1 Å². The van der Waals surface area contributed by atoms with Crippen LogP contribution in [0, 0.1) is 5.92 Å². The number of nitrogens with zero attached hydrogens (tertiary/aromatic N) is 1. The summed E-state index contributed by atoms with van der Waals surface area (Å²) in [7, 11) is 1.35. The van der Waals surface area contributed by atoms with Crippen LogP contribution in [0.3, 0.4) is 0 Å². The third kappa shape index (κ3) is 6.21. The Morgan fingerprint density at radius 2 is 2.00 bits per heavy atom. The molecule has 1 aromatic carbocycles. The summed E-state index contributed by atoms with van der Waals surface area (Å²) < 4.78 is 34.2. The van der Waals surface area contributed by atoms with E-state index < -0.39 is 6.61 Å². The molecule has 0 aliphatic carbocycles. The summed E-state index contributed by atoms with van der Waals surface area (Å²) in [4.78, 5) is 26.1. The van der Waals surface area contributed by atoms with E-state index in [-0.39, 0.29) is 29.2 Å². The third-order valence-electron chi connectivity index (χ3n) is 4.55. The van der Waals surface area contributed by atoms with Crippen molar-refractivity contribution >= 4 is 17.9 Å². The monoisotopic (exact) mass is 396 g/mol. The molecule has 1 aromatic rings. The number of hydrogen-bond donors (Lipinski definition) is 1. The molecule has 28 heavy (non-hydrogen) atoms. The van der Waals surface area contributed by atoms with Gasteiger partial charge in [-0.2, -0.15) is 8.78 Å². The lowest BCUT2D eigenvalue weighted by molar-refractivity contribution is -0.132. The molecule has 154 valence electrons. The fraction of sp³-hybridized carbons (Fsp3) is 0.500. The van der Waals surface area contributed by atoms with Gasteiger partial charge in [-0.05, 0) is 43.0 Å². The van der Waals surface area contributed by atoms with Crippen molar-refractivity contribution in [2.45, 2.75) is 32.8 Å². The Balaban J connectivity index is 1.91. The molecule has 2 amide bonds. The number of carbonyl (C=O) groups excluding carboxylic acids is 2. The average molecular weight is 396 g/mol. The van der Waals surface area contributed by atoms with Crippen LogP contribution in [0.25, 0.3) is 6.08 Å². The van der Waals surface area contributed by atoms with Gasteiger partial charge >= 0.3 is 6.61 Å². The van der Waals surface area contributed by atoms with E-state index in [0.29, 0.717) is 38.0 Å². The summed E-state index contributed by atoms with van der Waals surface area (Å²) in [5.41, 5.74) is 0.626. The van der Waals surface area contributed by atoms with Gasteiger partial charge in [0, 0.05) is 31.6 Å². The minimum absolute atomic E-state index is 0.0498. The molecule has 8 heteroatoms. The number of likely N-dealkylation sites (tertiary alicyclic amines) is 1. The third-order valence-corrected chi connectivity index (χ3v) is 4.55. The van der Waals surface area contributed by atoms with E-state index >= 15 is 0 Å². The Kier molecular flexibility index (Phi) is 8.22. The fourth-order valence-electron chi connectivity index (χ4n) is 3.01. The van der Waals surface area contributed by atoms with Gasteiger partial charge in [-0.3, -0.25) is 9.59 Å². The van der Waals surface area contributed by atoms with E-state index in [4.69, 9.17) is 4.74 Å². The van der Waals surface area contributed by atoms with Crippen molar-refractivity contribution in [2.24, 2.45) is 5.92 Å². The van der Waals surface area contributed by atoms with Crippen LogP contribution in [0.1, 0.15) is 31.7 Å². The number of nitrogens with one attached hydrogen (secondary N) is 1. The Hall–Kier alpha value is -2.64. The number of ether oxygens (including phenoxy) is 2. The highest BCUT2D eigenvalue weighted by atomic mass is 19.3. The molecule has 0 bridgehead atoms. The summed E-state index contributed by atoms with van der Waals surface area (Å²) in [6, 6.07) is 4.45. The fourth-order valence-corrected chi connectivity index (χ4v) is 3.01. The first kappa shape index (κ1) is 21.7. The Morgan fingerprint density at radius 1 is 1.29 bits per heavy atom. The highest BCUT2D eigenvalue weighted by Crippen LogP contribution is 2.30. The van der Waals surface area contributed by atoms with E-state index in [1.54, 1.807) is 17.0 Å². The van der Waals surface area contributed by atoms with Crippen molar-refractivity contribution in [1.82, 2.24) is 10.2 Å². The lowest BCUT2D eigenvalue weighted by Crippen LogP contribution is -2.42. The molecular formula is C20H26F2N2O4. The van der Waals surface area contributed by atoms with E-state index in [1.165, 1.54) is 25.3 Å². The molecule has 0 atom stereocenters. The second-order valence-corrected chi connectivity index (χ2v) is 6.51. The first-order valence-electron chi connectivity index (χ1n) is 9.32. The number of methoxy groups -OCH3 is 1. The molecule has 0 spiro atoms. The zero-order valence-corrected chi connectivity index (χ0v) is 16.1. The number of amides is 2. The van der Waals surface area contributed by atoms with Crippen molar-refractivity contribution in [1.29, 1.82) is 0 Å². The van der Waals surface area contributed by atoms with Gasteiger partial charge in [0.1, 0.15) is 0 Å². The van der Waals surface area contributed by atoms with E-state index in [0.717, 1.165) is 6.42 Å². The van der Waals surface area contributed by atoms with Crippen molar-refractivity contribution in [3.63, 3.8) is 0 Å². The molecule has 2 rings (SSSR count). The highest BCUT2D eigenvalue weighted by Gasteiger charge is 2.26. The van der Waals surface area contributed by atoms with E-state index in [9.17, 15) is 18.4 Å². The van der Waals surface area contributed by atoms with Crippen LogP contribution in [0.4, 0.5) is 8.78 Å². The molecule has 0 unspecified atom stereocenters. The zero-order chi connectivity index (χ0) is 20.5. The number of halogens is 2. The van der Waals surface area contributed by atoms with Crippen LogP contribution in [-0.2, 0) is 9.59 Å². The Bertz CT molecular complexity index is 701. The van der Waals surface area contributed by atoms with Crippen molar-refractivity contribution in [3.05, 3.63) is 29.8 Å². The van der Waals surface area contributed by atoms with Gasteiger partial charge in [-0.15, -0.1) is 0 Å². The van der Waals surface area contributed by atoms with Gasteiger partial charge in [0.05, 0.1) is 7.11 Å². The second-order valence-electron chi connectivity index (χ2n) is 6.51. The second kappa shape index (κ2) is 10.6. The zero-order valence-electron chi connectivity index (χ0n) is 16.1. The van der Waals surface area contributed by atoms with Crippen LogP contribution in [0.5, 0.6) is 11.5 Å². The van der Waals surface area contributed by atoms with Gasteiger partial charge in [0.25, 0.3) is 0 Å². The standard InChI is InChI=1S/C20H26F2N2O4/c1-3-10-23-19(26)15-8-11-24(12-9-15)18(25)7-5-14-4-6-16(28-20(21)22)17(13-14)27-2/h4-7,13,15,20H,3,8-12H2,1-2H3,(H,23,26)/b7-5+.